The van der Waals surface area contributed by atoms with Crippen LogP contribution in [0.2, 0.25) is 0 Å². The number of carbonyl (C=O) groups is 1. The smallest absolute Gasteiger partial charge is 0.255 e. The molecule has 0 aromatic heterocycles. The van der Waals surface area contributed by atoms with Gasteiger partial charge in [-0.05, 0) is 56.0 Å². The second kappa shape index (κ2) is 9.41. The molecule has 1 N–H and O–H groups in total. The number of nitrogens with one attached hydrogen (secondary N) is 1. The van der Waals surface area contributed by atoms with Crippen LogP contribution in [0.5, 0.6) is 5.75 Å². The monoisotopic (exact) mass is 416 g/mol. The maximum atomic E-state index is 13.1. The van der Waals surface area contributed by atoms with E-state index in [1.54, 1.807) is 31.2 Å². The van der Waals surface area contributed by atoms with Crippen molar-refractivity contribution in [3.63, 3.8) is 0 Å². The van der Waals surface area contributed by atoms with E-state index in [1.165, 1.54) is 10.4 Å². The number of benzene rings is 2. The molecular weight excluding hydrogens is 388 g/mol. The zero-order valence-electron chi connectivity index (χ0n) is 17.0. The number of ether oxygens (including phenoxy) is 1. The summed E-state index contributed by atoms with van der Waals surface area (Å²) in [5, 5.41) is 2.84. The van der Waals surface area contributed by atoms with Crippen LogP contribution < -0.4 is 10.1 Å². The molecule has 2 aromatic carbocycles. The van der Waals surface area contributed by atoms with E-state index in [2.05, 4.69) is 5.32 Å². The number of carbonyl (C=O) groups excluding carboxylic acids is 1. The Kier molecular flexibility index (Phi) is 6.92. The van der Waals surface area contributed by atoms with E-state index in [9.17, 15) is 13.2 Å². The van der Waals surface area contributed by atoms with Crippen molar-refractivity contribution >= 4 is 21.6 Å². The summed E-state index contributed by atoms with van der Waals surface area (Å²) < 4.78 is 33.4. The Morgan fingerprint density at radius 1 is 1.10 bits per heavy atom. The van der Waals surface area contributed by atoms with Crippen LogP contribution in [0.4, 0.5) is 5.69 Å². The molecule has 0 atom stereocenters. The molecule has 1 aliphatic rings. The Bertz CT molecular complexity index is 967. The van der Waals surface area contributed by atoms with Gasteiger partial charge < -0.3 is 10.1 Å². The molecule has 29 heavy (non-hydrogen) atoms. The molecule has 6 nitrogen and oxygen atoms in total. The summed E-state index contributed by atoms with van der Waals surface area (Å²) in [4.78, 5) is 13.0. The van der Waals surface area contributed by atoms with E-state index in [4.69, 9.17) is 4.74 Å². The number of hydrogen-bond donors (Lipinski definition) is 1. The number of aryl methyl sites for hydroxylation is 1. The second-order valence-electron chi connectivity index (χ2n) is 7.24. The van der Waals surface area contributed by atoms with Gasteiger partial charge in [0.2, 0.25) is 10.0 Å². The molecule has 1 heterocycles. The van der Waals surface area contributed by atoms with Gasteiger partial charge in [0.25, 0.3) is 5.91 Å². The van der Waals surface area contributed by atoms with Gasteiger partial charge >= 0.3 is 0 Å². The van der Waals surface area contributed by atoms with Crippen molar-refractivity contribution in [1.29, 1.82) is 0 Å². The Labute approximate surface area is 172 Å². The lowest BCUT2D eigenvalue weighted by Gasteiger charge is -2.26. The molecule has 0 radical (unpaired) electrons. The van der Waals surface area contributed by atoms with Crippen LogP contribution in [0.3, 0.4) is 0 Å². The normalized spacial score (nSPS) is 15.1. The molecule has 0 saturated carbocycles. The molecule has 1 amide bonds. The fourth-order valence-corrected chi connectivity index (χ4v) is 5.13. The summed E-state index contributed by atoms with van der Waals surface area (Å²) in [5.74, 6) is 0.226. The quantitative estimate of drug-likeness (QED) is 0.734. The van der Waals surface area contributed by atoms with Gasteiger partial charge in [-0.15, -0.1) is 0 Å². The fourth-order valence-electron chi connectivity index (χ4n) is 3.37. The number of anilines is 1. The van der Waals surface area contributed by atoms with Crippen LogP contribution in [0.25, 0.3) is 0 Å². The van der Waals surface area contributed by atoms with Gasteiger partial charge in [0, 0.05) is 18.7 Å². The highest BCUT2D eigenvalue weighted by molar-refractivity contribution is 7.89. The van der Waals surface area contributed by atoms with Gasteiger partial charge in [0.1, 0.15) is 5.75 Å². The molecule has 0 bridgehead atoms. The van der Waals surface area contributed by atoms with Crippen LogP contribution in [-0.2, 0) is 10.0 Å². The minimum atomic E-state index is -3.61. The summed E-state index contributed by atoms with van der Waals surface area (Å²) in [5.41, 5.74) is 1.50. The number of rotatable bonds is 7. The Morgan fingerprint density at radius 2 is 1.83 bits per heavy atom. The van der Waals surface area contributed by atoms with Crippen molar-refractivity contribution in [2.45, 2.75) is 44.4 Å². The summed E-state index contributed by atoms with van der Waals surface area (Å²) in [6.45, 7) is 5.38. The first-order valence-corrected chi connectivity index (χ1v) is 11.5. The average molecular weight is 417 g/mol. The van der Waals surface area contributed by atoms with Crippen LogP contribution >= 0.6 is 0 Å². The van der Waals surface area contributed by atoms with Crippen LogP contribution in [0, 0.1) is 6.92 Å². The van der Waals surface area contributed by atoms with Crippen molar-refractivity contribution in [3.8, 4) is 5.75 Å². The Hall–Kier alpha value is -2.38. The maximum Gasteiger partial charge on any atom is 0.255 e. The highest BCUT2D eigenvalue weighted by atomic mass is 32.2. The Balaban J connectivity index is 1.85. The third kappa shape index (κ3) is 4.97. The molecule has 3 rings (SSSR count). The molecule has 156 valence electrons. The van der Waals surface area contributed by atoms with Crippen LogP contribution in [0.1, 0.15) is 48.5 Å². The zero-order chi connectivity index (χ0) is 20.9. The van der Waals surface area contributed by atoms with Gasteiger partial charge in [-0.2, -0.15) is 4.31 Å². The third-order valence-electron chi connectivity index (χ3n) is 4.98. The first-order chi connectivity index (χ1) is 13.9. The van der Waals surface area contributed by atoms with E-state index < -0.39 is 10.0 Å². The minimum Gasteiger partial charge on any atom is -0.491 e. The van der Waals surface area contributed by atoms with Crippen molar-refractivity contribution < 1.29 is 17.9 Å². The largest absolute Gasteiger partial charge is 0.491 e. The molecular formula is C22H28N2O4S. The topological polar surface area (TPSA) is 75.7 Å². The number of piperidine rings is 1. The summed E-state index contributed by atoms with van der Waals surface area (Å²) in [7, 11) is -3.61. The maximum absolute atomic E-state index is 13.1. The van der Waals surface area contributed by atoms with E-state index >= 15 is 0 Å². The van der Waals surface area contributed by atoms with E-state index in [-0.39, 0.29) is 10.8 Å². The lowest BCUT2D eigenvalue weighted by atomic mass is 10.1. The summed E-state index contributed by atoms with van der Waals surface area (Å²) in [6.07, 6.45) is 3.64. The predicted molar refractivity (Wildman–Crippen MR) is 114 cm³/mol. The zero-order valence-corrected chi connectivity index (χ0v) is 17.8. The molecule has 0 unspecified atom stereocenters. The van der Waals surface area contributed by atoms with Crippen molar-refractivity contribution in [1.82, 2.24) is 4.31 Å². The lowest BCUT2D eigenvalue weighted by molar-refractivity contribution is 0.102. The number of nitrogens with zero attached hydrogens (tertiary/aromatic N) is 1. The SMILES string of the molecule is CCCOc1ccccc1NC(=O)c1ccc(C)c(S(=O)(=O)N2CCCCC2)c1. The second-order valence-corrected chi connectivity index (χ2v) is 9.15. The van der Waals surface area contributed by atoms with E-state index in [0.29, 0.717) is 42.3 Å². The average Bonchev–Trinajstić information content (AvgIpc) is 2.74. The lowest BCUT2D eigenvalue weighted by Crippen LogP contribution is -2.36. The summed E-state index contributed by atoms with van der Waals surface area (Å²) >= 11 is 0. The van der Waals surface area contributed by atoms with Gasteiger partial charge in [-0.1, -0.05) is 31.5 Å². The molecule has 0 spiro atoms. The molecule has 1 fully saturated rings. The molecule has 1 saturated heterocycles. The molecule has 0 aliphatic carbocycles. The van der Waals surface area contributed by atoms with Crippen molar-refractivity contribution in [3.05, 3.63) is 53.6 Å². The summed E-state index contributed by atoms with van der Waals surface area (Å²) in [6, 6.07) is 12.0. The van der Waals surface area contributed by atoms with Gasteiger partial charge in [-0.25, -0.2) is 8.42 Å². The first kappa shape index (κ1) is 21.3. The predicted octanol–water partition coefficient (Wildman–Crippen LogP) is 4.21. The van der Waals surface area contributed by atoms with Crippen LogP contribution in [0.15, 0.2) is 47.4 Å². The first-order valence-electron chi connectivity index (χ1n) is 10.1. The minimum absolute atomic E-state index is 0.197. The number of sulfonamides is 1. The molecule has 2 aromatic rings. The van der Waals surface area contributed by atoms with Crippen molar-refractivity contribution in [2.75, 3.05) is 25.0 Å². The standard InChI is InChI=1S/C22H28N2O4S/c1-3-15-28-20-10-6-5-9-19(20)23-22(25)18-12-11-17(2)21(16-18)29(26,27)24-13-7-4-8-14-24/h5-6,9-12,16H,3-4,7-8,13-15H2,1-2H3,(H,23,25). The number of amides is 1. The molecule has 1 aliphatic heterocycles. The number of para-hydroxylation sites is 2. The molecule has 7 heteroatoms. The highest BCUT2D eigenvalue weighted by Crippen LogP contribution is 2.27. The highest BCUT2D eigenvalue weighted by Gasteiger charge is 2.28. The number of hydrogen-bond acceptors (Lipinski definition) is 4. The van der Waals surface area contributed by atoms with E-state index in [1.807, 2.05) is 19.1 Å². The van der Waals surface area contributed by atoms with E-state index in [0.717, 1.165) is 25.7 Å². The van der Waals surface area contributed by atoms with Gasteiger partial charge in [0.05, 0.1) is 17.2 Å². The fraction of sp³-hybridized carbons (Fsp3) is 0.409. The van der Waals surface area contributed by atoms with Gasteiger partial charge in [-0.3, -0.25) is 4.79 Å². The van der Waals surface area contributed by atoms with Crippen molar-refractivity contribution in [2.24, 2.45) is 0 Å². The van der Waals surface area contributed by atoms with Crippen LogP contribution in [-0.4, -0.2) is 38.3 Å². The van der Waals surface area contributed by atoms with Gasteiger partial charge in [0.15, 0.2) is 0 Å². The third-order valence-corrected chi connectivity index (χ3v) is 7.02. The Morgan fingerprint density at radius 3 is 2.55 bits per heavy atom.